The number of anilines is 1. The zero-order valence-corrected chi connectivity index (χ0v) is 17.0. The Morgan fingerprint density at radius 1 is 1.25 bits per heavy atom. The van der Waals surface area contributed by atoms with E-state index in [1.165, 1.54) is 11.9 Å². The number of fused-ring (bicyclic) bond motifs is 1. The van der Waals surface area contributed by atoms with E-state index in [0.29, 0.717) is 11.4 Å². The van der Waals surface area contributed by atoms with E-state index < -0.39 is 12.2 Å². The predicted octanol–water partition coefficient (Wildman–Crippen LogP) is 2.13. The van der Waals surface area contributed by atoms with E-state index in [4.69, 9.17) is 10.7 Å². The molecular weight excluding hydrogens is 372 g/mol. The van der Waals surface area contributed by atoms with Crippen molar-refractivity contribution in [2.45, 2.75) is 26.1 Å². The summed E-state index contributed by atoms with van der Waals surface area (Å²) in [5, 5.41) is 2.93. The number of hydrogen-bond acceptors (Lipinski definition) is 5. The molecule has 3 rings (SSSR count). The Balaban J connectivity index is 2.16. The number of amides is 2. The van der Waals surface area contributed by atoms with Crippen molar-refractivity contribution in [3.05, 3.63) is 64.7 Å². The van der Waals surface area contributed by atoms with Gasteiger partial charge in [-0.15, -0.1) is 0 Å². The highest BCUT2D eigenvalue weighted by molar-refractivity contribution is 7.80. The van der Waals surface area contributed by atoms with Gasteiger partial charge in [0, 0.05) is 23.9 Å². The third-order valence-electron chi connectivity index (χ3n) is 4.91. The van der Waals surface area contributed by atoms with Crippen LogP contribution in [0.25, 0.3) is 0 Å². The Bertz CT molecular complexity index is 943. The first-order valence-corrected chi connectivity index (χ1v) is 9.65. The van der Waals surface area contributed by atoms with Crippen LogP contribution in [-0.2, 0) is 9.59 Å². The molecule has 0 aromatic heterocycles. The molecular formula is C21H24N4O2S. The van der Waals surface area contributed by atoms with Gasteiger partial charge in [-0.2, -0.15) is 12.6 Å². The Labute approximate surface area is 170 Å². The molecule has 2 amide bonds. The summed E-state index contributed by atoms with van der Waals surface area (Å²) in [6, 6.07) is 12.8. The molecule has 1 heterocycles. The van der Waals surface area contributed by atoms with E-state index in [1.54, 1.807) is 0 Å². The quantitative estimate of drug-likeness (QED) is 0.692. The van der Waals surface area contributed by atoms with Gasteiger partial charge in [0.2, 0.25) is 12.1 Å². The van der Waals surface area contributed by atoms with Crippen molar-refractivity contribution in [1.29, 1.82) is 0 Å². The Kier molecular flexibility index (Phi) is 5.86. The molecule has 1 unspecified atom stereocenters. The number of likely N-dealkylation sites (N-methyl/N-ethyl adjacent to an activating group) is 1. The number of benzene rings is 2. The topological polar surface area (TPSA) is 87.8 Å². The number of carbonyl (C=O) groups excluding carboxylic acids is 2. The van der Waals surface area contributed by atoms with Crippen LogP contribution in [0.4, 0.5) is 5.69 Å². The van der Waals surface area contributed by atoms with Crippen LogP contribution in [0.5, 0.6) is 0 Å². The fourth-order valence-electron chi connectivity index (χ4n) is 3.11. The molecule has 2 aromatic rings. The molecule has 6 nitrogen and oxygen atoms in total. The van der Waals surface area contributed by atoms with Crippen LogP contribution in [0, 0.1) is 13.8 Å². The second-order valence-electron chi connectivity index (χ2n) is 6.93. The number of nitrogens with one attached hydrogen (secondary N) is 1. The number of nitrogens with two attached hydrogens (primary N) is 1. The molecule has 0 saturated heterocycles. The average molecular weight is 397 g/mol. The van der Waals surface area contributed by atoms with E-state index in [0.717, 1.165) is 22.3 Å². The lowest BCUT2D eigenvalue weighted by molar-refractivity contribution is -0.137. The number of nitrogens with zero attached hydrogens (tertiary/aromatic N) is 2. The number of aliphatic imine (C=N–C) groups is 1. The molecule has 1 aliphatic rings. The molecule has 28 heavy (non-hydrogen) atoms. The van der Waals surface area contributed by atoms with Crippen molar-refractivity contribution in [1.82, 2.24) is 4.90 Å². The van der Waals surface area contributed by atoms with Crippen LogP contribution in [-0.4, -0.2) is 47.4 Å². The fourth-order valence-corrected chi connectivity index (χ4v) is 3.27. The number of hydrogen-bond donors (Lipinski definition) is 3. The van der Waals surface area contributed by atoms with E-state index in [2.05, 4.69) is 17.9 Å². The minimum atomic E-state index is -1.03. The summed E-state index contributed by atoms with van der Waals surface area (Å²) in [4.78, 5) is 31.5. The lowest BCUT2D eigenvalue weighted by Gasteiger charge is -2.25. The highest BCUT2D eigenvalue weighted by atomic mass is 32.1. The zero-order valence-electron chi connectivity index (χ0n) is 16.1. The van der Waals surface area contributed by atoms with Crippen LogP contribution in [0.15, 0.2) is 47.5 Å². The van der Waals surface area contributed by atoms with Gasteiger partial charge in [0.1, 0.15) is 0 Å². The normalized spacial score (nSPS) is 17.1. The van der Waals surface area contributed by atoms with Gasteiger partial charge in [-0.1, -0.05) is 30.3 Å². The summed E-state index contributed by atoms with van der Waals surface area (Å²) in [7, 11) is 1.54. The van der Waals surface area contributed by atoms with E-state index in [9.17, 15) is 9.59 Å². The summed E-state index contributed by atoms with van der Waals surface area (Å²) in [5.41, 5.74) is 11.0. The Morgan fingerprint density at radius 3 is 2.54 bits per heavy atom. The molecule has 0 radical (unpaired) electrons. The lowest BCUT2D eigenvalue weighted by Crippen LogP contribution is -2.50. The minimum absolute atomic E-state index is 0.186. The van der Waals surface area contributed by atoms with Gasteiger partial charge in [-0.05, 0) is 37.1 Å². The van der Waals surface area contributed by atoms with E-state index in [1.807, 2.05) is 56.3 Å². The summed E-state index contributed by atoms with van der Waals surface area (Å²) in [6.45, 7) is 4.01. The molecule has 0 aliphatic carbocycles. The minimum Gasteiger partial charge on any atom is -0.322 e. The Morgan fingerprint density at radius 2 is 1.89 bits per heavy atom. The van der Waals surface area contributed by atoms with Crippen molar-refractivity contribution in [2.24, 2.45) is 10.7 Å². The number of carbonyl (C=O) groups is 2. The van der Waals surface area contributed by atoms with Crippen molar-refractivity contribution >= 4 is 35.8 Å². The van der Waals surface area contributed by atoms with Crippen molar-refractivity contribution in [3.63, 3.8) is 0 Å². The molecule has 0 bridgehead atoms. The third-order valence-corrected chi connectivity index (χ3v) is 5.30. The molecule has 2 aromatic carbocycles. The molecule has 7 heteroatoms. The van der Waals surface area contributed by atoms with E-state index >= 15 is 0 Å². The van der Waals surface area contributed by atoms with Crippen LogP contribution < -0.4 is 11.1 Å². The summed E-state index contributed by atoms with van der Waals surface area (Å²) >= 11 is 4.09. The average Bonchev–Trinajstić information content (AvgIpc) is 2.83. The largest absolute Gasteiger partial charge is 0.322 e. The maximum atomic E-state index is 12.9. The maximum Gasteiger partial charge on any atom is 0.269 e. The molecule has 0 fully saturated rings. The Hall–Kier alpha value is -2.64. The monoisotopic (exact) mass is 396 g/mol. The van der Waals surface area contributed by atoms with Gasteiger partial charge in [-0.25, -0.2) is 4.99 Å². The van der Waals surface area contributed by atoms with Gasteiger partial charge in [0.15, 0.2) is 0 Å². The number of thiol groups is 1. The lowest BCUT2D eigenvalue weighted by atomic mass is 9.96. The molecule has 0 saturated carbocycles. The van der Waals surface area contributed by atoms with Gasteiger partial charge in [0.05, 0.1) is 17.4 Å². The zero-order chi connectivity index (χ0) is 20.4. The first-order valence-electron chi connectivity index (χ1n) is 9.02. The van der Waals surface area contributed by atoms with E-state index in [-0.39, 0.29) is 17.6 Å². The highest BCUT2D eigenvalue weighted by Gasteiger charge is 2.33. The number of benzodiazepines with no additional fused rings is 1. The first-order chi connectivity index (χ1) is 13.3. The van der Waals surface area contributed by atoms with Crippen molar-refractivity contribution < 1.29 is 9.59 Å². The molecule has 3 N–H and O–H groups in total. The van der Waals surface area contributed by atoms with Crippen molar-refractivity contribution in [2.75, 3.05) is 18.1 Å². The smallest absolute Gasteiger partial charge is 0.269 e. The highest BCUT2D eigenvalue weighted by Crippen LogP contribution is 2.28. The molecule has 1 aliphatic heterocycles. The standard InChI is InChI=1S/C21H24N4O2S/c1-12-9-15-17(10-13(12)2)23-20(26)19(25(3)21(27)16(22)11-28)24-18(15)14-7-5-4-6-8-14/h4-10,16,19,28H,11,22H2,1-3H3,(H,23,26)/t16-,19?/m1/s1. The summed E-state index contributed by atoms with van der Waals surface area (Å²) in [6.07, 6.45) is -1.03. The van der Waals surface area contributed by atoms with Crippen LogP contribution >= 0.6 is 12.6 Å². The van der Waals surface area contributed by atoms with Crippen molar-refractivity contribution in [3.8, 4) is 0 Å². The second kappa shape index (κ2) is 8.16. The maximum absolute atomic E-state index is 12.9. The molecule has 2 atom stereocenters. The molecule has 0 spiro atoms. The number of aryl methyl sites for hydroxylation is 2. The first kappa shape index (κ1) is 20.1. The summed E-state index contributed by atoms with van der Waals surface area (Å²) < 4.78 is 0. The SMILES string of the molecule is Cc1cc2c(cc1C)C(c1ccccc1)=NC(N(C)C(=O)[C@H](N)CS)C(=O)N2. The predicted molar refractivity (Wildman–Crippen MR) is 115 cm³/mol. The van der Waals surface area contributed by atoms with Gasteiger partial charge < -0.3 is 16.0 Å². The number of rotatable bonds is 4. The van der Waals surface area contributed by atoms with Crippen LogP contribution in [0.1, 0.15) is 22.3 Å². The third kappa shape index (κ3) is 3.81. The second-order valence-corrected chi connectivity index (χ2v) is 7.29. The van der Waals surface area contributed by atoms with Crippen LogP contribution in [0.2, 0.25) is 0 Å². The molecule has 146 valence electrons. The fraction of sp³-hybridized carbons (Fsp3) is 0.286. The van der Waals surface area contributed by atoms with Gasteiger partial charge in [-0.3, -0.25) is 9.59 Å². The van der Waals surface area contributed by atoms with Crippen LogP contribution in [0.3, 0.4) is 0 Å². The van der Waals surface area contributed by atoms with Gasteiger partial charge in [0.25, 0.3) is 5.91 Å². The van der Waals surface area contributed by atoms with Gasteiger partial charge >= 0.3 is 0 Å². The summed E-state index contributed by atoms with van der Waals surface area (Å²) in [5.74, 6) is -0.576.